The van der Waals surface area contributed by atoms with Crippen molar-refractivity contribution in [3.05, 3.63) is 66.0 Å². The number of para-hydroxylation sites is 1. The number of anilines is 1. The number of carbonyl (C=O) groups is 2. The van der Waals surface area contributed by atoms with Gasteiger partial charge in [-0.15, -0.1) is 5.10 Å². The zero-order valence-corrected chi connectivity index (χ0v) is 14.2. The molecule has 0 saturated heterocycles. The molecule has 0 saturated carbocycles. The van der Waals surface area contributed by atoms with E-state index >= 15 is 0 Å². The topological polar surface area (TPSA) is 102 Å². The van der Waals surface area contributed by atoms with E-state index in [0.717, 1.165) is 23.4 Å². The van der Waals surface area contributed by atoms with Crippen LogP contribution in [0.2, 0.25) is 0 Å². The maximum absolute atomic E-state index is 12.2. The van der Waals surface area contributed by atoms with Gasteiger partial charge in [0.25, 0.3) is 5.91 Å². The lowest BCUT2D eigenvalue weighted by atomic mass is 10.1. The molecule has 1 aromatic heterocycles. The zero-order valence-electron chi connectivity index (χ0n) is 14.2. The summed E-state index contributed by atoms with van der Waals surface area (Å²) in [5.41, 5.74) is 2.99. The van der Waals surface area contributed by atoms with Gasteiger partial charge < -0.3 is 10.6 Å². The summed E-state index contributed by atoms with van der Waals surface area (Å²) < 4.78 is 1.49. The molecular formula is C18H18N6O2. The molecule has 0 atom stereocenters. The molecule has 0 aliphatic heterocycles. The van der Waals surface area contributed by atoms with Crippen LogP contribution in [0.25, 0.3) is 5.69 Å². The van der Waals surface area contributed by atoms with Gasteiger partial charge in [-0.2, -0.15) is 0 Å². The molecule has 8 nitrogen and oxygen atoms in total. The Kier molecular flexibility index (Phi) is 5.33. The van der Waals surface area contributed by atoms with Crippen LogP contribution in [0.15, 0.2) is 54.9 Å². The molecule has 0 bridgehead atoms. The molecule has 0 unspecified atom stereocenters. The van der Waals surface area contributed by atoms with Gasteiger partial charge in [-0.25, -0.2) is 4.68 Å². The Hall–Kier alpha value is -3.55. The van der Waals surface area contributed by atoms with Crippen molar-refractivity contribution in [2.24, 2.45) is 0 Å². The largest absolute Gasteiger partial charge is 0.343 e. The van der Waals surface area contributed by atoms with E-state index < -0.39 is 0 Å². The highest BCUT2D eigenvalue weighted by Crippen LogP contribution is 2.15. The second kappa shape index (κ2) is 8.02. The van der Waals surface area contributed by atoms with Gasteiger partial charge in [0.05, 0.1) is 12.2 Å². The average molecular weight is 350 g/mol. The van der Waals surface area contributed by atoms with Crippen molar-refractivity contribution in [2.75, 3.05) is 11.9 Å². The predicted octanol–water partition coefficient (Wildman–Crippen LogP) is 1.59. The second-order valence-electron chi connectivity index (χ2n) is 5.54. The first-order valence-electron chi connectivity index (χ1n) is 8.16. The number of aryl methyl sites for hydroxylation is 1. The van der Waals surface area contributed by atoms with E-state index in [1.165, 1.54) is 11.0 Å². The first-order valence-corrected chi connectivity index (χ1v) is 8.16. The molecule has 1 heterocycles. The Labute approximate surface area is 150 Å². The van der Waals surface area contributed by atoms with Gasteiger partial charge in [-0.1, -0.05) is 25.1 Å². The second-order valence-corrected chi connectivity index (χ2v) is 5.54. The molecule has 0 aliphatic carbocycles. The summed E-state index contributed by atoms with van der Waals surface area (Å²) >= 11 is 0. The fourth-order valence-electron chi connectivity index (χ4n) is 2.45. The molecular weight excluding hydrogens is 332 g/mol. The average Bonchev–Trinajstić information content (AvgIpc) is 3.21. The molecule has 2 aromatic carbocycles. The monoisotopic (exact) mass is 350 g/mol. The molecule has 0 aliphatic rings. The molecule has 132 valence electrons. The van der Waals surface area contributed by atoms with Crippen molar-refractivity contribution in [3.8, 4) is 5.69 Å². The van der Waals surface area contributed by atoms with Crippen LogP contribution in [0.3, 0.4) is 0 Å². The van der Waals surface area contributed by atoms with Gasteiger partial charge in [-0.3, -0.25) is 9.59 Å². The number of nitrogens with one attached hydrogen (secondary N) is 2. The molecule has 3 rings (SSSR count). The van der Waals surface area contributed by atoms with Crippen LogP contribution >= 0.6 is 0 Å². The highest BCUT2D eigenvalue weighted by molar-refractivity contribution is 5.99. The minimum absolute atomic E-state index is 0.106. The van der Waals surface area contributed by atoms with Crippen molar-refractivity contribution in [1.82, 2.24) is 25.5 Å². The quantitative estimate of drug-likeness (QED) is 0.703. The van der Waals surface area contributed by atoms with Crippen molar-refractivity contribution < 1.29 is 9.59 Å². The summed E-state index contributed by atoms with van der Waals surface area (Å²) in [7, 11) is 0. The first-order chi connectivity index (χ1) is 12.7. The van der Waals surface area contributed by atoms with Crippen LogP contribution in [-0.2, 0) is 11.2 Å². The van der Waals surface area contributed by atoms with Gasteiger partial charge in [0, 0.05) is 11.3 Å². The van der Waals surface area contributed by atoms with Crippen molar-refractivity contribution in [3.63, 3.8) is 0 Å². The zero-order chi connectivity index (χ0) is 18.4. The molecule has 0 fully saturated rings. The minimum atomic E-state index is -0.327. The Morgan fingerprint density at radius 2 is 1.85 bits per heavy atom. The standard InChI is InChI=1S/C18H18N6O2/c1-2-13-5-3-4-6-16(13)21-17(25)11-19-18(26)14-7-9-15(10-8-14)24-12-20-22-23-24/h3-10,12H,2,11H2,1H3,(H,19,26)(H,21,25). The van der Waals surface area contributed by atoms with E-state index in [1.54, 1.807) is 24.3 Å². The lowest BCUT2D eigenvalue weighted by molar-refractivity contribution is -0.115. The number of hydrogen-bond acceptors (Lipinski definition) is 5. The molecule has 2 N–H and O–H groups in total. The summed E-state index contributed by atoms with van der Waals surface area (Å²) in [6.07, 6.45) is 2.28. The normalized spacial score (nSPS) is 10.3. The SMILES string of the molecule is CCc1ccccc1NC(=O)CNC(=O)c1ccc(-n2cnnn2)cc1. The third-order valence-electron chi connectivity index (χ3n) is 3.82. The number of nitrogens with zero attached hydrogens (tertiary/aromatic N) is 4. The van der Waals surface area contributed by atoms with Crippen LogP contribution < -0.4 is 10.6 Å². The Bertz CT molecular complexity index is 890. The number of carbonyl (C=O) groups excluding carboxylic acids is 2. The lowest BCUT2D eigenvalue weighted by Crippen LogP contribution is -2.33. The molecule has 3 aromatic rings. The number of tetrazole rings is 1. The maximum Gasteiger partial charge on any atom is 0.251 e. The van der Waals surface area contributed by atoms with Crippen molar-refractivity contribution in [1.29, 1.82) is 0 Å². The summed E-state index contributed by atoms with van der Waals surface area (Å²) in [6.45, 7) is 1.91. The van der Waals surface area contributed by atoms with E-state index in [2.05, 4.69) is 26.2 Å². The Morgan fingerprint density at radius 3 is 2.54 bits per heavy atom. The molecule has 2 amide bonds. The predicted molar refractivity (Wildman–Crippen MR) is 95.9 cm³/mol. The highest BCUT2D eigenvalue weighted by atomic mass is 16.2. The summed E-state index contributed by atoms with van der Waals surface area (Å²) in [4.78, 5) is 24.3. The van der Waals surface area contributed by atoms with Gasteiger partial charge in [0.15, 0.2) is 0 Å². The van der Waals surface area contributed by atoms with E-state index in [4.69, 9.17) is 0 Å². The summed E-state index contributed by atoms with van der Waals surface area (Å²) in [5, 5.41) is 16.3. The van der Waals surface area contributed by atoms with Gasteiger partial charge in [-0.05, 0) is 52.7 Å². The fourth-order valence-corrected chi connectivity index (χ4v) is 2.45. The van der Waals surface area contributed by atoms with Gasteiger partial charge in [0.1, 0.15) is 6.33 Å². The van der Waals surface area contributed by atoms with Crippen LogP contribution in [-0.4, -0.2) is 38.6 Å². The third kappa shape index (κ3) is 4.10. The van der Waals surface area contributed by atoms with Crippen LogP contribution in [0.1, 0.15) is 22.8 Å². The van der Waals surface area contributed by atoms with Gasteiger partial charge in [0.2, 0.25) is 5.91 Å². The first kappa shape index (κ1) is 17.3. The van der Waals surface area contributed by atoms with E-state index in [-0.39, 0.29) is 18.4 Å². The lowest BCUT2D eigenvalue weighted by Gasteiger charge is -2.10. The Morgan fingerprint density at radius 1 is 1.08 bits per heavy atom. The molecule has 0 radical (unpaired) electrons. The summed E-state index contributed by atoms with van der Waals surface area (Å²) in [6, 6.07) is 14.3. The molecule has 8 heteroatoms. The number of benzene rings is 2. The van der Waals surface area contributed by atoms with E-state index in [9.17, 15) is 9.59 Å². The minimum Gasteiger partial charge on any atom is -0.343 e. The number of hydrogen-bond donors (Lipinski definition) is 2. The van der Waals surface area contributed by atoms with E-state index in [0.29, 0.717) is 5.56 Å². The summed E-state index contributed by atoms with van der Waals surface area (Å²) in [5.74, 6) is -0.600. The number of amides is 2. The van der Waals surface area contributed by atoms with Crippen molar-refractivity contribution in [2.45, 2.75) is 13.3 Å². The van der Waals surface area contributed by atoms with Crippen LogP contribution in [0.5, 0.6) is 0 Å². The van der Waals surface area contributed by atoms with Gasteiger partial charge >= 0.3 is 0 Å². The third-order valence-corrected chi connectivity index (χ3v) is 3.82. The smallest absolute Gasteiger partial charge is 0.251 e. The van der Waals surface area contributed by atoms with E-state index in [1.807, 2.05) is 31.2 Å². The van der Waals surface area contributed by atoms with Crippen molar-refractivity contribution >= 4 is 17.5 Å². The van der Waals surface area contributed by atoms with Crippen LogP contribution in [0.4, 0.5) is 5.69 Å². The fraction of sp³-hybridized carbons (Fsp3) is 0.167. The Balaban J connectivity index is 1.55. The highest BCUT2D eigenvalue weighted by Gasteiger charge is 2.10. The number of aromatic nitrogens is 4. The molecule has 26 heavy (non-hydrogen) atoms. The molecule has 0 spiro atoms. The maximum atomic E-state index is 12.2. The number of rotatable bonds is 6. The van der Waals surface area contributed by atoms with Crippen LogP contribution in [0, 0.1) is 0 Å².